The van der Waals surface area contributed by atoms with Crippen molar-refractivity contribution in [2.24, 2.45) is 5.92 Å². The summed E-state index contributed by atoms with van der Waals surface area (Å²) >= 11 is 0. The third kappa shape index (κ3) is 6.92. The molecule has 0 atom stereocenters. The van der Waals surface area contributed by atoms with Crippen LogP contribution in [0.25, 0.3) is 0 Å². The molecule has 1 aliphatic heterocycles. The van der Waals surface area contributed by atoms with Crippen molar-refractivity contribution < 1.29 is 14.3 Å². The number of amides is 1. The summed E-state index contributed by atoms with van der Waals surface area (Å²) in [4.78, 5) is 13.8. The van der Waals surface area contributed by atoms with Crippen molar-refractivity contribution in [1.29, 1.82) is 0 Å². The molecule has 1 fully saturated rings. The second-order valence-electron chi connectivity index (χ2n) is 5.59. The van der Waals surface area contributed by atoms with E-state index in [1.807, 2.05) is 4.90 Å². The Labute approximate surface area is 117 Å². The first kappa shape index (κ1) is 16.4. The number of nitrogens with zero attached hydrogens (tertiary/aromatic N) is 1. The number of hydrogen-bond acceptors (Lipinski definition) is 3. The number of ether oxygens (including phenoxy) is 2. The van der Waals surface area contributed by atoms with Crippen LogP contribution in [0.5, 0.6) is 0 Å². The molecule has 19 heavy (non-hydrogen) atoms. The zero-order valence-corrected chi connectivity index (χ0v) is 12.7. The summed E-state index contributed by atoms with van der Waals surface area (Å²) in [6, 6.07) is 0. The lowest BCUT2D eigenvalue weighted by atomic mass is 9.96. The van der Waals surface area contributed by atoms with Crippen LogP contribution in [-0.2, 0) is 14.3 Å². The quantitative estimate of drug-likeness (QED) is 0.573. The van der Waals surface area contributed by atoms with Gasteiger partial charge in [0.05, 0.1) is 6.10 Å². The van der Waals surface area contributed by atoms with Gasteiger partial charge in [0.25, 0.3) is 0 Å². The fraction of sp³-hybridized carbons (Fsp3) is 0.933. The lowest BCUT2D eigenvalue weighted by molar-refractivity contribution is -0.138. The number of carbonyl (C=O) groups excluding carboxylic acids is 1. The van der Waals surface area contributed by atoms with Gasteiger partial charge in [-0.25, -0.2) is 0 Å². The Bertz CT molecular complexity index is 250. The largest absolute Gasteiger partial charge is 0.381 e. The van der Waals surface area contributed by atoms with E-state index < -0.39 is 0 Å². The van der Waals surface area contributed by atoms with E-state index >= 15 is 0 Å². The fourth-order valence-corrected chi connectivity index (χ4v) is 2.16. The molecule has 0 unspecified atom stereocenters. The highest BCUT2D eigenvalue weighted by molar-refractivity contribution is 5.76. The van der Waals surface area contributed by atoms with Crippen LogP contribution in [0.4, 0.5) is 0 Å². The molecule has 1 aliphatic rings. The highest BCUT2D eigenvalue weighted by atomic mass is 16.5. The van der Waals surface area contributed by atoms with E-state index in [2.05, 4.69) is 20.8 Å². The van der Waals surface area contributed by atoms with E-state index in [0.717, 1.165) is 45.6 Å². The summed E-state index contributed by atoms with van der Waals surface area (Å²) in [5.41, 5.74) is 0. The van der Waals surface area contributed by atoms with Gasteiger partial charge in [0.2, 0.25) is 5.91 Å². The minimum atomic E-state index is 0.279. The minimum absolute atomic E-state index is 0.279. The molecular formula is C15H29NO3. The van der Waals surface area contributed by atoms with Gasteiger partial charge in [-0.3, -0.25) is 4.79 Å². The van der Waals surface area contributed by atoms with Crippen molar-refractivity contribution in [3.63, 3.8) is 0 Å². The molecule has 0 aromatic rings. The van der Waals surface area contributed by atoms with E-state index in [0.29, 0.717) is 25.0 Å². The van der Waals surface area contributed by atoms with Crippen molar-refractivity contribution in [1.82, 2.24) is 4.90 Å². The average Bonchev–Trinajstić information content (AvgIpc) is 2.31. The van der Waals surface area contributed by atoms with E-state index in [1.54, 1.807) is 0 Å². The molecule has 1 rings (SSSR count). The third-order valence-electron chi connectivity index (χ3n) is 3.31. The molecule has 4 heteroatoms. The number of hydrogen-bond donors (Lipinski definition) is 0. The maximum Gasteiger partial charge on any atom is 0.222 e. The van der Waals surface area contributed by atoms with E-state index in [4.69, 9.17) is 9.47 Å². The van der Waals surface area contributed by atoms with Crippen LogP contribution in [-0.4, -0.2) is 49.8 Å². The highest BCUT2D eigenvalue weighted by Gasteiger charge is 2.29. The van der Waals surface area contributed by atoms with Crippen LogP contribution in [0, 0.1) is 5.92 Å². The normalized spacial score (nSPS) is 15.9. The van der Waals surface area contributed by atoms with Crippen LogP contribution in [0.1, 0.15) is 46.5 Å². The topological polar surface area (TPSA) is 38.8 Å². The maximum atomic E-state index is 11.8. The van der Waals surface area contributed by atoms with Crippen molar-refractivity contribution >= 4 is 5.91 Å². The fourth-order valence-electron chi connectivity index (χ4n) is 2.16. The van der Waals surface area contributed by atoms with Gasteiger partial charge in [-0.15, -0.1) is 0 Å². The Morgan fingerprint density at radius 3 is 2.63 bits per heavy atom. The first-order chi connectivity index (χ1) is 9.13. The van der Waals surface area contributed by atoms with Crippen LogP contribution in [0.2, 0.25) is 0 Å². The summed E-state index contributed by atoms with van der Waals surface area (Å²) in [7, 11) is 0. The lowest BCUT2D eigenvalue weighted by Crippen LogP contribution is -2.50. The molecule has 0 N–H and O–H groups in total. The van der Waals surface area contributed by atoms with Gasteiger partial charge in [-0.2, -0.15) is 0 Å². The number of rotatable bonds is 10. The van der Waals surface area contributed by atoms with Gasteiger partial charge in [-0.05, 0) is 39.0 Å². The summed E-state index contributed by atoms with van der Waals surface area (Å²) in [5.74, 6) is 0.917. The molecule has 0 radical (unpaired) electrons. The predicted octanol–water partition coefficient (Wildman–Crippen LogP) is 2.47. The van der Waals surface area contributed by atoms with Crippen LogP contribution < -0.4 is 0 Å². The summed E-state index contributed by atoms with van der Waals surface area (Å²) in [6.45, 7) is 10.3. The Balaban J connectivity index is 1.95. The summed E-state index contributed by atoms with van der Waals surface area (Å²) in [5, 5.41) is 0. The van der Waals surface area contributed by atoms with Crippen LogP contribution in [0.15, 0.2) is 0 Å². The first-order valence-electron chi connectivity index (χ1n) is 7.60. The van der Waals surface area contributed by atoms with Crippen LogP contribution >= 0.6 is 0 Å². The Kier molecular flexibility index (Phi) is 8.07. The monoisotopic (exact) mass is 271 g/mol. The van der Waals surface area contributed by atoms with Crippen LogP contribution in [0.3, 0.4) is 0 Å². The second-order valence-corrected chi connectivity index (χ2v) is 5.59. The zero-order valence-electron chi connectivity index (χ0n) is 12.7. The lowest BCUT2D eigenvalue weighted by Gasteiger charge is -2.39. The molecule has 1 heterocycles. The van der Waals surface area contributed by atoms with Gasteiger partial charge in [0, 0.05) is 39.3 Å². The maximum absolute atomic E-state index is 11.8. The Morgan fingerprint density at radius 1 is 1.26 bits per heavy atom. The first-order valence-corrected chi connectivity index (χ1v) is 7.60. The third-order valence-corrected chi connectivity index (χ3v) is 3.31. The van der Waals surface area contributed by atoms with Gasteiger partial charge in [-0.1, -0.05) is 6.92 Å². The van der Waals surface area contributed by atoms with E-state index in [1.165, 1.54) is 0 Å². The molecule has 0 spiro atoms. The second kappa shape index (κ2) is 9.32. The van der Waals surface area contributed by atoms with Crippen molar-refractivity contribution in [2.45, 2.75) is 52.6 Å². The molecule has 0 saturated carbocycles. The summed E-state index contributed by atoms with van der Waals surface area (Å²) < 4.78 is 10.9. The summed E-state index contributed by atoms with van der Waals surface area (Å²) in [6.07, 6.45) is 3.89. The molecule has 0 aromatic heterocycles. The molecule has 0 aliphatic carbocycles. The smallest absolute Gasteiger partial charge is 0.222 e. The van der Waals surface area contributed by atoms with Crippen molar-refractivity contribution in [3.05, 3.63) is 0 Å². The molecule has 0 bridgehead atoms. The van der Waals surface area contributed by atoms with E-state index in [-0.39, 0.29) is 5.91 Å². The van der Waals surface area contributed by atoms with Gasteiger partial charge < -0.3 is 14.4 Å². The number of carbonyl (C=O) groups is 1. The van der Waals surface area contributed by atoms with E-state index in [9.17, 15) is 4.79 Å². The van der Waals surface area contributed by atoms with Crippen molar-refractivity contribution in [3.8, 4) is 0 Å². The highest BCUT2D eigenvalue weighted by Crippen LogP contribution is 2.20. The molecule has 0 aromatic carbocycles. The molecule has 112 valence electrons. The predicted molar refractivity (Wildman–Crippen MR) is 76.1 cm³/mol. The molecule has 1 amide bonds. The van der Waals surface area contributed by atoms with Gasteiger partial charge >= 0.3 is 0 Å². The van der Waals surface area contributed by atoms with Gasteiger partial charge in [0.1, 0.15) is 0 Å². The molecule has 4 nitrogen and oxygen atoms in total. The minimum Gasteiger partial charge on any atom is -0.381 e. The average molecular weight is 271 g/mol. The Morgan fingerprint density at radius 2 is 2.00 bits per heavy atom. The van der Waals surface area contributed by atoms with Crippen molar-refractivity contribution in [2.75, 3.05) is 32.9 Å². The number of likely N-dealkylation sites (tertiary alicyclic amines) is 1. The molecular weight excluding hydrogens is 242 g/mol. The Hall–Kier alpha value is -0.610. The SMILES string of the molecule is CCCOCCCC(=O)N1CC(CCOC(C)C)C1. The standard InChI is InChI=1S/C15H29NO3/c1-4-8-18-9-5-6-15(17)16-11-14(12-16)7-10-19-13(2)3/h13-14H,4-12H2,1-3H3. The molecule has 1 saturated heterocycles. The van der Waals surface area contributed by atoms with Gasteiger partial charge in [0.15, 0.2) is 0 Å². The zero-order chi connectivity index (χ0) is 14.1.